The Hall–Kier alpha value is -0.510. The van der Waals surface area contributed by atoms with Crippen molar-refractivity contribution in [1.29, 1.82) is 0 Å². The van der Waals surface area contributed by atoms with Crippen LogP contribution in [0.5, 0.6) is 0 Å². The Labute approximate surface area is 95.0 Å². The third-order valence-corrected chi connectivity index (χ3v) is 3.17. The SMILES string of the molecule is OCCc1c[nH]c2c(Br)ccc(Cl)c12. The second-order valence-corrected chi connectivity index (χ2v) is 4.33. The lowest BCUT2D eigenvalue weighted by molar-refractivity contribution is 0.300. The Bertz CT molecular complexity index is 466. The van der Waals surface area contributed by atoms with Gasteiger partial charge < -0.3 is 10.1 Å². The average molecular weight is 275 g/mol. The molecule has 1 aromatic carbocycles. The third kappa shape index (κ3) is 1.56. The highest BCUT2D eigenvalue weighted by Crippen LogP contribution is 2.32. The summed E-state index contributed by atoms with van der Waals surface area (Å²) < 4.78 is 0.987. The predicted octanol–water partition coefficient (Wildman–Crippen LogP) is 3.12. The molecule has 0 radical (unpaired) electrons. The largest absolute Gasteiger partial charge is 0.396 e. The van der Waals surface area contributed by atoms with Gasteiger partial charge in [0.05, 0.1) is 10.5 Å². The first-order valence-corrected chi connectivity index (χ1v) is 5.46. The summed E-state index contributed by atoms with van der Waals surface area (Å²) in [6, 6.07) is 3.76. The van der Waals surface area contributed by atoms with E-state index in [0.29, 0.717) is 11.4 Å². The fraction of sp³-hybridized carbons (Fsp3) is 0.200. The van der Waals surface area contributed by atoms with Crippen LogP contribution in [0.4, 0.5) is 0 Å². The van der Waals surface area contributed by atoms with Gasteiger partial charge in [-0.1, -0.05) is 11.6 Å². The van der Waals surface area contributed by atoms with Crippen LogP contribution in [-0.2, 0) is 6.42 Å². The molecule has 0 aliphatic carbocycles. The number of benzene rings is 1. The van der Waals surface area contributed by atoms with Crippen LogP contribution >= 0.6 is 27.5 Å². The molecule has 0 aliphatic rings. The number of halogens is 2. The summed E-state index contributed by atoms with van der Waals surface area (Å²) in [5.41, 5.74) is 2.04. The number of aromatic nitrogens is 1. The van der Waals surface area contributed by atoms with Gasteiger partial charge in [0.1, 0.15) is 0 Å². The number of H-pyrrole nitrogens is 1. The van der Waals surface area contributed by atoms with Crippen molar-refractivity contribution >= 4 is 38.4 Å². The second-order valence-electron chi connectivity index (χ2n) is 3.07. The molecule has 0 unspecified atom stereocenters. The number of hydrogen-bond acceptors (Lipinski definition) is 1. The lowest BCUT2D eigenvalue weighted by atomic mass is 10.1. The third-order valence-electron chi connectivity index (χ3n) is 2.20. The molecule has 0 saturated carbocycles. The molecule has 0 amide bonds. The smallest absolute Gasteiger partial charge is 0.0616 e. The lowest BCUT2D eigenvalue weighted by Gasteiger charge is -1.99. The summed E-state index contributed by atoms with van der Waals surface area (Å²) >= 11 is 9.53. The molecule has 0 aliphatic heterocycles. The highest BCUT2D eigenvalue weighted by molar-refractivity contribution is 9.10. The fourth-order valence-corrected chi connectivity index (χ4v) is 2.28. The van der Waals surface area contributed by atoms with Crippen molar-refractivity contribution in [3.63, 3.8) is 0 Å². The molecule has 14 heavy (non-hydrogen) atoms. The molecule has 2 rings (SSSR count). The highest BCUT2D eigenvalue weighted by atomic mass is 79.9. The van der Waals surface area contributed by atoms with Gasteiger partial charge in [0.15, 0.2) is 0 Å². The molecule has 4 heteroatoms. The van der Waals surface area contributed by atoms with Gasteiger partial charge in [-0.15, -0.1) is 0 Å². The topological polar surface area (TPSA) is 36.0 Å². The van der Waals surface area contributed by atoms with Crippen molar-refractivity contribution < 1.29 is 5.11 Å². The number of fused-ring (bicyclic) bond motifs is 1. The minimum atomic E-state index is 0.135. The number of aromatic amines is 1. The molecule has 0 fully saturated rings. The Morgan fingerprint density at radius 2 is 2.21 bits per heavy atom. The van der Waals surface area contributed by atoms with E-state index in [1.807, 2.05) is 18.3 Å². The quantitative estimate of drug-likeness (QED) is 0.867. The summed E-state index contributed by atoms with van der Waals surface area (Å²) in [6.45, 7) is 0.135. The molecule has 2 N–H and O–H groups in total. The zero-order chi connectivity index (χ0) is 10.1. The van der Waals surface area contributed by atoms with Crippen molar-refractivity contribution in [3.05, 3.63) is 33.4 Å². The molecule has 0 bridgehead atoms. The van der Waals surface area contributed by atoms with Crippen LogP contribution in [0.3, 0.4) is 0 Å². The zero-order valence-electron chi connectivity index (χ0n) is 7.35. The first kappa shape index (κ1) is 10.0. The van der Waals surface area contributed by atoms with Gasteiger partial charge in [0.2, 0.25) is 0 Å². The maximum Gasteiger partial charge on any atom is 0.0616 e. The molecule has 74 valence electrons. The number of hydrogen-bond donors (Lipinski definition) is 2. The van der Waals surface area contributed by atoms with E-state index < -0.39 is 0 Å². The van der Waals surface area contributed by atoms with Crippen LogP contribution in [-0.4, -0.2) is 16.7 Å². The summed E-state index contributed by atoms with van der Waals surface area (Å²) in [4.78, 5) is 3.14. The average Bonchev–Trinajstić information content (AvgIpc) is 2.58. The van der Waals surface area contributed by atoms with Crippen LogP contribution in [0, 0.1) is 0 Å². The van der Waals surface area contributed by atoms with E-state index in [4.69, 9.17) is 16.7 Å². The van der Waals surface area contributed by atoms with Crippen LogP contribution in [0.25, 0.3) is 10.9 Å². The van der Waals surface area contributed by atoms with Gasteiger partial charge in [-0.25, -0.2) is 0 Å². The van der Waals surface area contributed by atoms with E-state index in [1.54, 1.807) is 0 Å². The van der Waals surface area contributed by atoms with Crippen LogP contribution in [0.1, 0.15) is 5.56 Å². The minimum Gasteiger partial charge on any atom is -0.396 e. The number of aliphatic hydroxyl groups is 1. The Morgan fingerprint density at radius 3 is 2.93 bits per heavy atom. The molecule has 2 aromatic rings. The van der Waals surface area contributed by atoms with Gasteiger partial charge in [-0.3, -0.25) is 0 Å². The van der Waals surface area contributed by atoms with Crippen molar-refractivity contribution in [1.82, 2.24) is 4.98 Å². The van der Waals surface area contributed by atoms with Crippen molar-refractivity contribution in [3.8, 4) is 0 Å². The molecule has 1 heterocycles. The molecular weight excluding hydrogens is 265 g/mol. The van der Waals surface area contributed by atoms with Crippen molar-refractivity contribution in [2.75, 3.05) is 6.61 Å². The molecular formula is C10H9BrClNO. The fourth-order valence-electron chi connectivity index (χ4n) is 1.56. The van der Waals surface area contributed by atoms with E-state index in [9.17, 15) is 0 Å². The van der Waals surface area contributed by atoms with E-state index in [2.05, 4.69) is 20.9 Å². The Morgan fingerprint density at radius 1 is 1.43 bits per heavy atom. The normalized spacial score (nSPS) is 11.1. The zero-order valence-corrected chi connectivity index (χ0v) is 9.69. The maximum absolute atomic E-state index is 8.89. The van der Waals surface area contributed by atoms with Gasteiger partial charge >= 0.3 is 0 Å². The summed E-state index contributed by atoms with van der Waals surface area (Å²) in [5, 5.41) is 10.6. The maximum atomic E-state index is 8.89. The first-order valence-electron chi connectivity index (χ1n) is 4.29. The van der Waals surface area contributed by atoms with E-state index in [-0.39, 0.29) is 6.61 Å². The van der Waals surface area contributed by atoms with Gasteiger partial charge in [0, 0.05) is 22.7 Å². The van der Waals surface area contributed by atoms with Crippen LogP contribution in [0.15, 0.2) is 22.8 Å². The second kappa shape index (κ2) is 3.93. The first-order chi connectivity index (χ1) is 6.74. The summed E-state index contributed by atoms with van der Waals surface area (Å²) in [5.74, 6) is 0. The van der Waals surface area contributed by atoms with Crippen LogP contribution in [0.2, 0.25) is 5.02 Å². The Kier molecular flexibility index (Phi) is 2.81. The van der Waals surface area contributed by atoms with Crippen molar-refractivity contribution in [2.24, 2.45) is 0 Å². The predicted molar refractivity (Wildman–Crippen MR) is 61.8 cm³/mol. The number of aliphatic hydroxyl groups excluding tert-OH is 1. The Balaban J connectivity index is 2.70. The van der Waals surface area contributed by atoms with Crippen molar-refractivity contribution in [2.45, 2.75) is 6.42 Å². The lowest BCUT2D eigenvalue weighted by Crippen LogP contribution is -1.88. The molecule has 0 saturated heterocycles. The molecule has 1 aromatic heterocycles. The minimum absolute atomic E-state index is 0.135. The number of nitrogens with one attached hydrogen (secondary N) is 1. The molecule has 0 spiro atoms. The monoisotopic (exact) mass is 273 g/mol. The standard InChI is InChI=1S/C10H9BrClNO/c11-7-1-2-8(12)9-6(3-4-14)5-13-10(7)9/h1-2,5,13-14H,3-4H2. The van der Waals surface area contributed by atoms with Gasteiger partial charge in [-0.05, 0) is 40.0 Å². The summed E-state index contributed by atoms with van der Waals surface area (Å²) in [6.07, 6.45) is 2.51. The number of rotatable bonds is 2. The van der Waals surface area contributed by atoms with E-state index in [1.165, 1.54) is 0 Å². The highest BCUT2D eigenvalue weighted by Gasteiger charge is 2.09. The molecule has 0 atom stereocenters. The van der Waals surface area contributed by atoms with Gasteiger partial charge in [-0.2, -0.15) is 0 Å². The van der Waals surface area contributed by atoms with E-state index in [0.717, 1.165) is 20.9 Å². The van der Waals surface area contributed by atoms with E-state index >= 15 is 0 Å². The summed E-state index contributed by atoms with van der Waals surface area (Å²) in [7, 11) is 0. The van der Waals surface area contributed by atoms with Crippen LogP contribution < -0.4 is 0 Å². The molecule has 2 nitrogen and oxygen atoms in total. The van der Waals surface area contributed by atoms with Gasteiger partial charge in [0.25, 0.3) is 0 Å².